The molecular formula is C13H23N. The largest absolute Gasteiger partial charge is 0.300 e. The molecule has 3 fully saturated rings. The summed E-state index contributed by atoms with van der Waals surface area (Å²) in [5.41, 5.74) is 0.724. The summed E-state index contributed by atoms with van der Waals surface area (Å²) in [4.78, 5) is 2.82. The Hall–Kier alpha value is -0.0400. The van der Waals surface area contributed by atoms with Crippen LogP contribution in [0.5, 0.6) is 0 Å². The zero-order valence-corrected chi connectivity index (χ0v) is 9.47. The number of nitrogens with zero attached hydrogens (tertiary/aromatic N) is 1. The predicted octanol–water partition coefficient (Wildman–Crippen LogP) is 3.05. The second-order valence-corrected chi connectivity index (χ2v) is 6.16. The molecule has 3 atom stereocenters. The van der Waals surface area contributed by atoms with E-state index < -0.39 is 0 Å². The minimum absolute atomic E-state index is 0.724. The lowest BCUT2D eigenvalue weighted by molar-refractivity contribution is 0.106. The molecule has 2 heterocycles. The summed E-state index contributed by atoms with van der Waals surface area (Å²) < 4.78 is 0. The van der Waals surface area contributed by atoms with E-state index in [2.05, 4.69) is 11.8 Å². The highest BCUT2D eigenvalue weighted by Gasteiger charge is 2.43. The van der Waals surface area contributed by atoms with Gasteiger partial charge in [0.05, 0.1) is 0 Å². The van der Waals surface area contributed by atoms with Crippen molar-refractivity contribution in [3.05, 3.63) is 0 Å². The molecular weight excluding hydrogens is 170 g/mol. The SMILES string of the molecule is CC12CCC(C1)[C@H]1CCCCN1CC2. The van der Waals surface area contributed by atoms with Gasteiger partial charge in [-0.25, -0.2) is 0 Å². The molecule has 0 aromatic heterocycles. The van der Waals surface area contributed by atoms with E-state index in [9.17, 15) is 0 Å². The third-order valence-electron chi connectivity index (χ3n) is 5.08. The summed E-state index contributed by atoms with van der Waals surface area (Å²) in [5.74, 6) is 1.06. The Labute approximate surface area is 87.9 Å². The fourth-order valence-electron chi connectivity index (χ4n) is 4.17. The van der Waals surface area contributed by atoms with Gasteiger partial charge in [-0.2, -0.15) is 0 Å². The average Bonchev–Trinajstić information content (AvgIpc) is 2.51. The molecule has 2 unspecified atom stereocenters. The van der Waals surface area contributed by atoms with Crippen molar-refractivity contribution in [2.45, 2.75) is 57.9 Å². The summed E-state index contributed by atoms with van der Waals surface area (Å²) in [6.45, 7) is 5.33. The molecule has 2 bridgehead atoms. The topological polar surface area (TPSA) is 3.24 Å². The second-order valence-electron chi connectivity index (χ2n) is 6.16. The Morgan fingerprint density at radius 2 is 2.00 bits per heavy atom. The van der Waals surface area contributed by atoms with Crippen molar-refractivity contribution in [2.24, 2.45) is 11.3 Å². The van der Waals surface area contributed by atoms with Crippen molar-refractivity contribution < 1.29 is 0 Å². The van der Waals surface area contributed by atoms with Crippen molar-refractivity contribution in [2.75, 3.05) is 13.1 Å². The van der Waals surface area contributed by atoms with Crippen LogP contribution in [-0.2, 0) is 0 Å². The number of rotatable bonds is 0. The first-order valence-corrected chi connectivity index (χ1v) is 6.51. The smallest absolute Gasteiger partial charge is 0.0124 e. The first kappa shape index (κ1) is 9.21. The molecule has 1 nitrogen and oxygen atoms in total. The molecule has 0 N–H and O–H groups in total. The van der Waals surface area contributed by atoms with Gasteiger partial charge in [-0.15, -0.1) is 0 Å². The summed E-state index contributed by atoms with van der Waals surface area (Å²) in [7, 11) is 0. The Kier molecular flexibility index (Phi) is 2.12. The quantitative estimate of drug-likeness (QED) is 0.571. The third-order valence-corrected chi connectivity index (χ3v) is 5.08. The van der Waals surface area contributed by atoms with Crippen LogP contribution >= 0.6 is 0 Å². The average molecular weight is 193 g/mol. The third kappa shape index (κ3) is 1.41. The molecule has 1 saturated carbocycles. The zero-order chi connectivity index (χ0) is 9.60. The van der Waals surface area contributed by atoms with E-state index >= 15 is 0 Å². The molecule has 0 aromatic rings. The van der Waals surface area contributed by atoms with Gasteiger partial charge in [0.15, 0.2) is 0 Å². The van der Waals surface area contributed by atoms with Crippen LogP contribution in [0.15, 0.2) is 0 Å². The van der Waals surface area contributed by atoms with Crippen LogP contribution in [0, 0.1) is 11.3 Å². The van der Waals surface area contributed by atoms with E-state index in [-0.39, 0.29) is 0 Å². The Bertz CT molecular complexity index is 225. The van der Waals surface area contributed by atoms with Crippen molar-refractivity contribution in [3.63, 3.8) is 0 Å². The van der Waals surface area contributed by atoms with Crippen molar-refractivity contribution >= 4 is 0 Å². The van der Waals surface area contributed by atoms with Crippen LogP contribution in [-0.4, -0.2) is 24.0 Å². The van der Waals surface area contributed by atoms with E-state index in [1.807, 2.05) is 0 Å². The maximum absolute atomic E-state index is 2.82. The lowest BCUT2D eigenvalue weighted by Gasteiger charge is -2.38. The number of fused-ring (bicyclic) bond motifs is 4. The maximum Gasteiger partial charge on any atom is 0.0124 e. The van der Waals surface area contributed by atoms with Crippen LogP contribution < -0.4 is 0 Å². The summed E-state index contributed by atoms with van der Waals surface area (Å²) >= 11 is 0. The first-order chi connectivity index (χ1) is 6.77. The molecule has 2 saturated heterocycles. The molecule has 3 aliphatic rings. The molecule has 80 valence electrons. The number of hydrogen-bond donors (Lipinski definition) is 0. The Balaban J connectivity index is 1.82. The predicted molar refractivity (Wildman–Crippen MR) is 59.3 cm³/mol. The first-order valence-electron chi connectivity index (χ1n) is 6.51. The molecule has 0 spiro atoms. The molecule has 1 aliphatic carbocycles. The summed E-state index contributed by atoms with van der Waals surface area (Å²) in [6, 6.07) is 0.980. The van der Waals surface area contributed by atoms with Gasteiger partial charge < -0.3 is 4.90 Å². The number of piperidine rings is 1. The molecule has 0 radical (unpaired) electrons. The van der Waals surface area contributed by atoms with Crippen molar-refractivity contribution in [3.8, 4) is 0 Å². The normalized spacial score (nSPS) is 48.6. The Morgan fingerprint density at radius 3 is 2.93 bits per heavy atom. The van der Waals surface area contributed by atoms with E-state index in [1.54, 1.807) is 0 Å². The second kappa shape index (κ2) is 3.23. The van der Waals surface area contributed by atoms with E-state index in [0.717, 1.165) is 17.4 Å². The minimum Gasteiger partial charge on any atom is -0.300 e. The fraction of sp³-hybridized carbons (Fsp3) is 1.00. The van der Waals surface area contributed by atoms with E-state index in [0.29, 0.717) is 0 Å². The lowest BCUT2D eigenvalue weighted by atomic mass is 9.84. The highest BCUT2D eigenvalue weighted by atomic mass is 15.2. The van der Waals surface area contributed by atoms with Crippen LogP contribution in [0.4, 0.5) is 0 Å². The molecule has 3 rings (SSSR count). The minimum atomic E-state index is 0.724. The van der Waals surface area contributed by atoms with Crippen LogP contribution in [0.1, 0.15) is 51.9 Å². The fourth-order valence-corrected chi connectivity index (χ4v) is 4.17. The van der Waals surface area contributed by atoms with Gasteiger partial charge in [0, 0.05) is 6.04 Å². The summed E-state index contributed by atoms with van der Waals surface area (Å²) in [6.07, 6.45) is 10.5. The van der Waals surface area contributed by atoms with Crippen LogP contribution in [0.3, 0.4) is 0 Å². The number of hydrogen-bond acceptors (Lipinski definition) is 1. The van der Waals surface area contributed by atoms with Crippen molar-refractivity contribution in [1.82, 2.24) is 4.90 Å². The molecule has 14 heavy (non-hydrogen) atoms. The van der Waals surface area contributed by atoms with Crippen molar-refractivity contribution in [1.29, 1.82) is 0 Å². The maximum atomic E-state index is 2.82. The van der Waals surface area contributed by atoms with Gasteiger partial charge in [0.1, 0.15) is 0 Å². The van der Waals surface area contributed by atoms with Gasteiger partial charge in [-0.3, -0.25) is 0 Å². The molecule has 2 aliphatic heterocycles. The standard InChI is InChI=1S/C13H23N/c1-13-6-5-11(10-13)12-4-2-3-8-14(12)9-7-13/h11-12H,2-10H2,1H3/t11?,12-,13?/m1/s1. The van der Waals surface area contributed by atoms with E-state index in [4.69, 9.17) is 0 Å². The van der Waals surface area contributed by atoms with Crippen LogP contribution in [0.25, 0.3) is 0 Å². The highest BCUT2D eigenvalue weighted by Crippen LogP contribution is 2.50. The van der Waals surface area contributed by atoms with Gasteiger partial charge in [0.25, 0.3) is 0 Å². The lowest BCUT2D eigenvalue weighted by Crippen LogP contribution is -2.43. The highest BCUT2D eigenvalue weighted by molar-refractivity contribution is 4.97. The van der Waals surface area contributed by atoms with Gasteiger partial charge in [0.2, 0.25) is 0 Å². The van der Waals surface area contributed by atoms with Gasteiger partial charge in [-0.05, 0) is 62.9 Å². The molecule has 0 aromatic carbocycles. The van der Waals surface area contributed by atoms with Gasteiger partial charge in [-0.1, -0.05) is 13.3 Å². The van der Waals surface area contributed by atoms with E-state index in [1.165, 1.54) is 58.0 Å². The summed E-state index contributed by atoms with van der Waals surface area (Å²) in [5, 5.41) is 0. The zero-order valence-electron chi connectivity index (χ0n) is 9.47. The monoisotopic (exact) mass is 193 g/mol. The molecule has 1 heteroatoms. The van der Waals surface area contributed by atoms with Gasteiger partial charge >= 0.3 is 0 Å². The Morgan fingerprint density at radius 1 is 1.07 bits per heavy atom. The van der Waals surface area contributed by atoms with Crippen LogP contribution in [0.2, 0.25) is 0 Å². The molecule has 0 amide bonds.